The largest absolute Gasteiger partial charge is 0.444 e. The Hall–Kier alpha value is -1.11. The predicted octanol–water partition coefficient (Wildman–Crippen LogP) is 2.95. The fourth-order valence-corrected chi connectivity index (χ4v) is 3.31. The molecule has 5 nitrogen and oxygen atoms in total. The Kier molecular flexibility index (Phi) is 6.44. The number of hydrogen-bond acceptors (Lipinski definition) is 5. The van der Waals surface area contributed by atoms with Crippen LogP contribution >= 0.6 is 11.3 Å². The summed E-state index contributed by atoms with van der Waals surface area (Å²) in [7, 11) is 0. The lowest BCUT2D eigenvalue weighted by atomic mass is 10.2. The molecule has 1 saturated heterocycles. The van der Waals surface area contributed by atoms with E-state index in [1.165, 1.54) is 5.56 Å². The second kappa shape index (κ2) is 8.13. The van der Waals surface area contributed by atoms with Crippen LogP contribution in [-0.2, 0) is 4.74 Å². The van der Waals surface area contributed by atoms with E-state index in [2.05, 4.69) is 34.0 Å². The third kappa shape index (κ3) is 6.12. The van der Waals surface area contributed by atoms with Gasteiger partial charge in [0.2, 0.25) is 0 Å². The molecule has 0 spiro atoms. The van der Waals surface area contributed by atoms with Crippen molar-refractivity contribution in [1.29, 1.82) is 0 Å². The van der Waals surface area contributed by atoms with E-state index in [0.717, 1.165) is 39.3 Å². The molecular weight excluding hydrogens is 310 g/mol. The van der Waals surface area contributed by atoms with Gasteiger partial charge in [0.15, 0.2) is 0 Å². The van der Waals surface area contributed by atoms with Crippen LogP contribution in [0.1, 0.15) is 39.3 Å². The van der Waals surface area contributed by atoms with Gasteiger partial charge in [-0.1, -0.05) is 0 Å². The van der Waals surface area contributed by atoms with Gasteiger partial charge in [-0.25, -0.2) is 4.79 Å². The normalized spacial score (nSPS) is 18.0. The fraction of sp³-hybridized carbons (Fsp3) is 0.706. The van der Waals surface area contributed by atoms with Crippen LogP contribution in [0, 0.1) is 0 Å². The monoisotopic (exact) mass is 339 g/mol. The molecule has 0 radical (unpaired) electrons. The summed E-state index contributed by atoms with van der Waals surface area (Å²) in [5, 5.41) is 7.86. The molecule has 1 aliphatic heterocycles. The number of thiophene rings is 1. The van der Waals surface area contributed by atoms with Gasteiger partial charge in [-0.3, -0.25) is 4.90 Å². The van der Waals surface area contributed by atoms with Crippen LogP contribution in [-0.4, -0.2) is 60.8 Å². The number of nitrogens with one attached hydrogen (secondary N) is 1. The standard InChI is InChI=1S/C17H29N3O2S/c1-14(15-5-12-23-13-15)18-6-7-19-8-10-20(11-9-19)16(21)22-17(2,3)4/h5,12-14,18H,6-11H2,1-4H3. The molecular formula is C17H29N3O2S. The van der Waals surface area contributed by atoms with Gasteiger partial charge in [-0.05, 0) is 50.1 Å². The summed E-state index contributed by atoms with van der Waals surface area (Å²) in [6, 6.07) is 2.56. The third-order valence-electron chi connectivity index (χ3n) is 3.95. The highest BCUT2D eigenvalue weighted by molar-refractivity contribution is 7.07. The Morgan fingerprint density at radius 3 is 2.61 bits per heavy atom. The first-order valence-corrected chi connectivity index (χ1v) is 9.25. The number of ether oxygens (including phenoxy) is 1. The van der Waals surface area contributed by atoms with Gasteiger partial charge < -0.3 is 15.0 Å². The number of hydrogen-bond donors (Lipinski definition) is 1. The Morgan fingerprint density at radius 1 is 1.35 bits per heavy atom. The van der Waals surface area contributed by atoms with E-state index in [1.807, 2.05) is 25.7 Å². The molecule has 2 rings (SSSR count). The zero-order valence-electron chi connectivity index (χ0n) is 14.7. The van der Waals surface area contributed by atoms with Gasteiger partial charge in [-0.15, -0.1) is 0 Å². The Bertz CT molecular complexity index is 477. The summed E-state index contributed by atoms with van der Waals surface area (Å²) < 4.78 is 5.42. The highest BCUT2D eigenvalue weighted by atomic mass is 32.1. The van der Waals surface area contributed by atoms with Gasteiger partial charge in [0.1, 0.15) is 5.60 Å². The Balaban J connectivity index is 1.64. The molecule has 0 bridgehead atoms. The SMILES string of the molecule is CC(NCCN1CCN(C(=O)OC(C)(C)C)CC1)c1ccsc1. The number of carbonyl (C=O) groups is 1. The van der Waals surface area contributed by atoms with Crippen molar-refractivity contribution >= 4 is 17.4 Å². The quantitative estimate of drug-likeness (QED) is 0.896. The Labute approximate surface area is 143 Å². The molecule has 1 atom stereocenters. The lowest BCUT2D eigenvalue weighted by Gasteiger charge is -2.35. The lowest BCUT2D eigenvalue weighted by Crippen LogP contribution is -2.51. The van der Waals surface area contributed by atoms with Crippen LogP contribution < -0.4 is 5.32 Å². The van der Waals surface area contributed by atoms with Crippen molar-refractivity contribution in [2.24, 2.45) is 0 Å². The van der Waals surface area contributed by atoms with E-state index in [9.17, 15) is 4.79 Å². The smallest absolute Gasteiger partial charge is 0.410 e. The van der Waals surface area contributed by atoms with E-state index in [1.54, 1.807) is 11.3 Å². The van der Waals surface area contributed by atoms with Crippen molar-refractivity contribution in [2.45, 2.75) is 39.3 Å². The maximum absolute atomic E-state index is 12.0. The van der Waals surface area contributed by atoms with Crippen LogP contribution in [0.4, 0.5) is 4.79 Å². The summed E-state index contributed by atoms with van der Waals surface area (Å²) in [4.78, 5) is 16.2. The lowest BCUT2D eigenvalue weighted by molar-refractivity contribution is 0.0146. The van der Waals surface area contributed by atoms with Crippen molar-refractivity contribution in [3.05, 3.63) is 22.4 Å². The van der Waals surface area contributed by atoms with E-state index in [-0.39, 0.29) is 6.09 Å². The minimum atomic E-state index is -0.421. The van der Waals surface area contributed by atoms with Gasteiger partial charge in [0.05, 0.1) is 0 Å². The number of amides is 1. The van der Waals surface area contributed by atoms with E-state index >= 15 is 0 Å². The van der Waals surface area contributed by atoms with Crippen molar-refractivity contribution in [2.75, 3.05) is 39.3 Å². The highest BCUT2D eigenvalue weighted by Gasteiger charge is 2.25. The second-order valence-corrected chi connectivity index (χ2v) is 7.82. The van der Waals surface area contributed by atoms with Crippen molar-refractivity contribution in [3.63, 3.8) is 0 Å². The van der Waals surface area contributed by atoms with Gasteiger partial charge in [0, 0.05) is 45.3 Å². The van der Waals surface area contributed by atoms with Crippen LogP contribution in [0.15, 0.2) is 16.8 Å². The minimum absolute atomic E-state index is 0.193. The summed E-state index contributed by atoms with van der Waals surface area (Å²) in [6.07, 6.45) is -0.193. The summed E-state index contributed by atoms with van der Waals surface area (Å²) in [5.74, 6) is 0. The maximum atomic E-state index is 12.0. The highest BCUT2D eigenvalue weighted by Crippen LogP contribution is 2.15. The molecule has 1 aromatic heterocycles. The molecule has 23 heavy (non-hydrogen) atoms. The first kappa shape index (κ1) is 18.2. The first-order chi connectivity index (χ1) is 10.8. The molecule has 1 aromatic rings. The maximum Gasteiger partial charge on any atom is 0.410 e. The van der Waals surface area contributed by atoms with Gasteiger partial charge >= 0.3 is 6.09 Å². The second-order valence-electron chi connectivity index (χ2n) is 7.04. The molecule has 130 valence electrons. The van der Waals surface area contributed by atoms with E-state index < -0.39 is 5.60 Å². The van der Waals surface area contributed by atoms with E-state index in [0.29, 0.717) is 6.04 Å². The number of piperazine rings is 1. The summed E-state index contributed by atoms with van der Waals surface area (Å²) in [6.45, 7) is 13.2. The van der Waals surface area contributed by atoms with Crippen LogP contribution in [0.3, 0.4) is 0 Å². The zero-order chi connectivity index (χ0) is 16.9. The van der Waals surface area contributed by atoms with Crippen molar-refractivity contribution < 1.29 is 9.53 Å². The van der Waals surface area contributed by atoms with Gasteiger partial charge in [-0.2, -0.15) is 11.3 Å². The number of carbonyl (C=O) groups excluding carboxylic acids is 1. The molecule has 6 heteroatoms. The van der Waals surface area contributed by atoms with Crippen LogP contribution in [0.5, 0.6) is 0 Å². The molecule has 1 unspecified atom stereocenters. The van der Waals surface area contributed by atoms with Gasteiger partial charge in [0.25, 0.3) is 0 Å². The molecule has 0 aromatic carbocycles. The molecule has 1 aliphatic rings. The van der Waals surface area contributed by atoms with Crippen molar-refractivity contribution in [1.82, 2.24) is 15.1 Å². The molecule has 1 amide bonds. The fourth-order valence-electron chi connectivity index (χ4n) is 2.56. The van der Waals surface area contributed by atoms with Crippen LogP contribution in [0.25, 0.3) is 0 Å². The number of nitrogens with zero attached hydrogens (tertiary/aromatic N) is 2. The molecule has 1 N–H and O–H groups in total. The van der Waals surface area contributed by atoms with E-state index in [4.69, 9.17) is 4.74 Å². The molecule has 0 saturated carbocycles. The minimum Gasteiger partial charge on any atom is -0.444 e. The molecule has 1 fully saturated rings. The number of rotatable bonds is 5. The zero-order valence-corrected chi connectivity index (χ0v) is 15.5. The predicted molar refractivity (Wildman–Crippen MR) is 95.0 cm³/mol. The Morgan fingerprint density at radius 2 is 2.04 bits per heavy atom. The third-order valence-corrected chi connectivity index (χ3v) is 4.65. The first-order valence-electron chi connectivity index (χ1n) is 8.31. The molecule has 2 heterocycles. The average molecular weight is 340 g/mol. The summed E-state index contributed by atoms with van der Waals surface area (Å²) in [5.41, 5.74) is 0.931. The van der Waals surface area contributed by atoms with Crippen LogP contribution in [0.2, 0.25) is 0 Å². The summed E-state index contributed by atoms with van der Waals surface area (Å²) >= 11 is 1.74. The topological polar surface area (TPSA) is 44.8 Å². The molecule has 0 aliphatic carbocycles. The van der Waals surface area contributed by atoms with Crippen molar-refractivity contribution in [3.8, 4) is 0 Å². The average Bonchev–Trinajstić information content (AvgIpc) is 3.00.